The first-order valence-corrected chi connectivity index (χ1v) is 8.81. The van der Waals surface area contributed by atoms with Crippen molar-refractivity contribution in [1.29, 1.82) is 0 Å². The van der Waals surface area contributed by atoms with Gasteiger partial charge in [-0.2, -0.15) is 11.8 Å². The fourth-order valence-corrected chi connectivity index (χ4v) is 4.53. The van der Waals surface area contributed by atoms with E-state index >= 15 is 0 Å². The average Bonchev–Trinajstić information content (AvgIpc) is 2.40. The highest BCUT2D eigenvalue weighted by atomic mass is 32.2. The molecular weight excluding hydrogens is 258 g/mol. The highest BCUT2D eigenvalue weighted by Gasteiger charge is 2.40. The van der Waals surface area contributed by atoms with Crippen LogP contribution in [0.5, 0.6) is 0 Å². The summed E-state index contributed by atoms with van der Waals surface area (Å²) in [6.07, 6.45) is 6.63. The van der Waals surface area contributed by atoms with Crippen LogP contribution in [0.15, 0.2) is 0 Å². The lowest BCUT2D eigenvalue weighted by Crippen LogP contribution is -2.45. The predicted octanol–water partition coefficient (Wildman–Crippen LogP) is 2.77. The Hall–Kier alpha value is -0.0600. The van der Waals surface area contributed by atoms with Gasteiger partial charge in [0.1, 0.15) is 5.78 Å². The number of hydrogen-bond acceptors (Lipinski definition) is 4. The van der Waals surface area contributed by atoms with Gasteiger partial charge < -0.3 is 10.5 Å². The van der Waals surface area contributed by atoms with E-state index in [-0.39, 0.29) is 17.6 Å². The van der Waals surface area contributed by atoms with Crippen molar-refractivity contribution in [2.45, 2.75) is 63.5 Å². The van der Waals surface area contributed by atoms with Crippen LogP contribution in [0.2, 0.25) is 0 Å². The Morgan fingerprint density at radius 2 is 2.21 bits per heavy atom. The highest BCUT2D eigenvalue weighted by molar-refractivity contribution is 7.99. The van der Waals surface area contributed by atoms with Crippen molar-refractivity contribution < 1.29 is 9.53 Å². The van der Waals surface area contributed by atoms with Crippen LogP contribution in [0.25, 0.3) is 0 Å². The fourth-order valence-electron chi connectivity index (χ4n) is 3.29. The van der Waals surface area contributed by atoms with E-state index in [9.17, 15) is 4.79 Å². The minimum Gasteiger partial charge on any atom is -0.375 e. The summed E-state index contributed by atoms with van der Waals surface area (Å²) >= 11 is 2.00. The minimum absolute atomic E-state index is 0.0126. The van der Waals surface area contributed by atoms with Crippen LogP contribution in [-0.2, 0) is 9.53 Å². The number of ether oxygens (including phenoxy) is 1. The molecule has 3 nitrogen and oxygen atoms in total. The number of thioether (sulfide) groups is 1. The van der Waals surface area contributed by atoms with Crippen LogP contribution >= 0.6 is 11.8 Å². The molecule has 2 unspecified atom stereocenters. The molecule has 2 aliphatic rings. The molecule has 0 saturated carbocycles. The molecule has 2 saturated heterocycles. The SMILES string of the molecule is CCCC(N)CC(=O)C1CCOC2(CCSCC2)C1. The first kappa shape index (κ1) is 15.3. The van der Waals surface area contributed by atoms with Crippen LogP contribution in [0, 0.1) is 5.92 Å². The lowest BCUT2D eigenvalue weighted by Gasteiger charge is -2.43. The smallest absolute Gasteiger partial charge is 0.137 e. The average molecular weight is 285 g/mol. The number of Topliss-reactive ketones (excluding diaryl/α,β-unsaturated/α-hetero) is 1. The van der Waals surface area contributed by atoms with E-state index in [0.717, 1.165) is 45.1 Å². The number of ketones is 1. The van der Waals surface area contributed by atoms with Gasteiger partial charge in [0.25, 0.3) is 0 Å². The molecule has 0 aromatic heterocycles. The van der Waals surface area contributed by atoms with Crippen molar-refractivity contribution in [1.82, 2.24) is 0 Å². The third-order valence-electron chi connectivity index (χ3n) is 4.48. The first-order valence-electron chi connectivity index (χ1n) is 7.65. The Labute approximate surface area is 121 Å². The van der Waals surface area contributed by atoms with Gasteiger partial charge in [0.2, 0.25) is 0 Å². The Kier molecular flexibility index (Phi) is 5.72. The maximum absolute atomic E-state index is 12.4. The number of nitrogens with two attached hydrogens (primary N) is 1. The van der Waals surface area contributed by atoms with Gasteiger partial charge in [0.15, 0.2) is 0 Å². The van der Waals surface area contributed by atoms with E-state index in [1.54, 1.807) is 0 Å². The molecule has 2 aliphatic heterocycles. The van der Waals surface area contributed by atoms with Crippen molar-refractivity contribution in [2.24, 2.45) is 11.7 Å². The molecule has 0 bridgehead atoms. The van der Waals surface area contributed by atoms with Gasteiger partial charge >= 0.3 is 0 Å². The summed E-state index contributed by atoms with van der Waals surface area (Å²) in [6.45, 7) is 2.87. The molecule has 2 N–H and O–H groups in total. The molecular formula is C15H27NO2S. The molecule has 2 fully saturated rings. The number of hydrogen-bond donors (Lipinski definition) is 1. The van der Waals surface area contributed by atoms with E-state index in [2.05, 4.69) is 6.92 Å². The Bertz CT molecular complexity index is 297. The molecule has 0 aliphatic carbocycles. The van der Waals surface area contributed by atoms with Crippen LogP contribution < -0.4 is 5.73 Å². The maximum atomic E-state index is 12.4. The van der Waals surface area contributed by atoms with Crippen molar-refractivity contribution in [3.05, 3.63) is 0 Å². The summed E-state index contributed by atoms with van der Waals surface area (Å²) in [7, 11) is 0. The van der Waals surface area contributed by atoms with Gasteiger partial charge in [-0.3, -0.25) is 4.79 Å². The summed E-state index contributed by atoms with van der Waals surface area (Å²) in [4.78, 5) is 12.4. The van der Waals surface area contributed by atoms with Gasteiger partial charge in [-0.1, -0.05) is 13.3 Å². The largest absolute Gasteiger partial charge is 0.375 e. The zero-order valence-corrected chi connectivity index (χ0v) is 12.8. The lowest BCUT2D eigenvalue weighted by atomic mass is 9.79. The molecule has 0 radical (unpaired) electrons. The zero-order chi connectivity index (χ0) is 13.7. The Morgan fingerprint density at radius 1 is 1.47 bits per heavy atom. The molecule has 110 valence electrons. The third kappa shape index (κ3) is 4.20. The topological polar surface area (TPSA) is 52.3 Å². The Balaban J connectivity index is 1.87. The number of carbonyl (C=O) groups is 1. The first-order chi connectivity index (χ1) is 9.15. The van der Waals surface area contributed by atoms with E-state index in [4.69, 9.17) is 10.5 Å². The summed E-state index contributed by atoms with van der Waals surface area (Å²) in [5, 5.41) is 0. The summed E-state index contributed by atoms with van der Waals surface area (Å²) in [5.41, 5.74) is 6.02. The molecule has 2 heterocycles. The molecule has 1 spiro atoms. The monoisotopic (exact) mass is 285 g/mol. The Morgan fingerprint density at radius 3 is 2.89 bits per heavy atom. The van der Waals surface area contributed by atoms with Crippen LogP contribution in [0.1, 0.15) is 51.9 Å². The van der Waals surface area contributed by atoms with E-state index in [1.165, 1.54) is 11.5 Å². The standard InChI is InChI=1S/C15H27NO2S/c1-2-3-13(16)10-14(17)12-4-7-18-15(11-12)5-8-19-9-6-15/h12-13H,2-11,16H2,1H3. The van der Waals surface area contributed by atoms with Crippen LogP contribution in [0.3, 0.4) is 0 Å². The molecule has 2 rings (SSSR count). The number of rotatable bonds is 5. The fraction of sp³-hybridized carbons (Fsp3) is 0.933. The van der Waals surface area contributed by atoms with Crippen molar-refractivity contribution in [3.63, 3.8) is 0 Å². The molecule has 2 atom stereocenters. The third-order valence-corrected chi connectivity index (χ3v) is 5.46. The summed E-state index contributed by atoms with van der Waals surface area (Å²) in [5.74, 6) is 2.92. The van der Waals surface area contributed by atoms with E-state index in [1.807, 2.05) is 11.8 Å². The molecule has 4 heteroatoms. The lowest BCUT2D eigenvalue weighted by molar-refractivity contribution is -0.138. The van der Waals surface area contributed by atoms with Gasteiger partial charge in [0, 0.05) is 25.0 Å². The van der Waals surface area contributed by atoms with E-state index < -0.39 is 0 Å². The quantitative estimate of drug-likeness (QED) is 0.844. The highest BCUT2D eigenvalue weighted by Crippen LogP contribution is 2.40. The van der Waals surface area contributed by atoms with Gasteiger partial charge in [-0.15, -0.1) is 0 Å². The van der Waals surface area contributed by atoms with Gasteiger partial charge in [-0.05, 0) is 43.6 Å². The predicted molar refractivity (Wildman–Crippen MR) is 80.5 cm³/mol. The van der Waals surface area contributed by atoms with Gasteiger partial charge in [-0.25, -0.2) is 0 Å². The van der Waals surface area contributed by atoms with Crippen LogP contribution in [0.4, 0.5) is 0 Å². The second kappa shape index (κ2) is 7.09. The molecule has 19 heavy (non-hydrogen) atoms. The zero-order valence-electron chi connectivity index (χ0n) is 12.0. The second-order valence-electron chi connectivity index (χ2n) is 6.05. The van der Waals surface area contributed by atoms with Crippen LogP contribution in [-0.4, -0.2) is 35.5 Å². The van der Waals surface area contributed by atoms with E-state index in [0.29, 0.717) is 12.2 Å². The molecule has 0 amide bonds. The molecule has 0 aromatic rings. The summed E-state index contributed by atoms with van der Waals surface area (Å²) < 4.78 is 6.04. The van der Waals surface area contributed by atoms with Crippen molar-refractivity contribution >= 4 is 17.5 Å². The number of carbonyl (C=O) groups excluding carboxylic acids is 1. The summed E-state index contributed by atoms with van der Waals surface area (Å²) in [6, 6.07) is 0.0539. The van der Waals surface area contributed by atoms with Crippen molar-refractivity contribution in [3.8, 4) is 0 Å². The van der Waals surface area contributed by atoms with Crippen molar-refractivity contribution in [2.75, 3.05) is 18.1 Å². The second-order valence-corrected chi connectivity index (χ2v) is 7.28. The molecule has 0 aromatic carbocycles. The minimum atomic E-state index is 0.0126. The normalized spacial score (nSPS) is 28.2. The van der Waals surface area contributed by atoms with Gasteiger partial charge in [0.05, 0.1) is 5.60 Å². The maximum Gasteiger partial charge on any atom is 0.137 e.